The zero-order chi connectivity index (χ0) is 14.5. The van der Waals surface area contributed by atoms with Crippen LogP contribution in [0.15, 0.2) is 47.1 Å². The highest BCUT2D eigenvalue weighted by atomic mass is 79.9. The third-order valence-electron chi connectivity index (χ3n) is 2.59. The molecule has 4 nitrogen and oxygen atoms in total. The van der Waals surface area contributed by atoms with Gasteiger partial charge in [-0.3, -0.25) is 4.79 Å². The smallest absolute Gasteiger partial charge is 0.272 e. The first-order valence-corrected chi connectivity index (χ1v) is 6.48. The van der Waals surface area contributed by atoms with Gasteiger partial charge in [0.05, 0.1) is 6.07 Å². The monoisotopic (exact) mass is 333 g/mol. The highest BCUT2D eigenvalue weighted by molar-refractivity contribution is 9.10. The van der Waals surface area contributed by atoms with Gasteiger partial charge in [-0.1, -0.05) is 18.2 Å². The maximum atomic E-state index is 13.6. The molecule has 2 rings (SSSR count). The topological polar surface area (TPSA) is 65.8 Å². The molecule has 0 bridgehead atoms. The molecular formula is C14H9BrFN3O. The molecule has 0 fully saturated rings. The van der Waals surface area contributed by atoms with Crippen LogP contribution in [0.1, 0.15) is 22.1 Å². The van der Waals surface area contributed by atoms with E-state index in [4.69, 9.17) is 5.26 Å². The van der Waals surface area contributed by atoms with E-state index in [1.165, 1.54) is 24.4 Å². The van der Waals surface area contributed by atoms with Gasteiger partial charge >= 0.3 is 0 Å². The largest absolute Gasteiger partial charge is 0.331 e. The molecular weight excluding hydrogens is 325 g/mol. The average Bonchev–Trinajstić information content (AvgIpc) is 2.46. The van der Waals surface area contributed by atoms with Crippen LogP contribution in [0.5, 0.6) is 0 Å². The third kappa shape index (κ3) is 3.00. The van der Waals surface area contributed by atoms with Gasteiger partial charge in [0, 0.05) is 16.2 Å². The number of carbonyl (C=O) groups is 1. The molecule has 20 heavy (non-hydrogen) atoms. The molecule has 0 saturated heterocycles. The minimum Gasteiger partial charge on any atom is -0.331 e. The first-order valence-electron chi connectivity index (χ1n) is 5.69. The van der Waals surface area contributed by atoms with Crippen molar-refractivity contribution in [2.75, 3.05) is 0 Å². The molecule has 1 aromatic carbocycles. The molecule has 0 spiro atoms. The number of nitrogens with zero attached hydrogens (tertiary/aromatic N) is 2. The minimum absolute atomic E-state index is 0.121. The number of nitriles is 1. The highest BCUT2D eigenvalue weighted by Gasteiger charge is 2.20. The Labute approximate surface area is 123 Å². The Kier molecular flexibility index (Phi) is 4.43. The molecule has 6 heteroatoms. The Hall–Kier alpha value is -2.26. The highest BCUT2D eigenvalue weighted by Crippen LogP contribution is 2.18. The van der Waals surface area contributed by atoms with Crippen molar-refractivity contribution in [3.8, 4) is 6.07 Å². The Morgan fingerprint density at radius 1 is 1.35 bits per heavy atom. The van der Waals surface area contributed by atoms with Gasteiger partial charge in [0.25, 0.3) is 5.91 Å². The molecule has 100 valence electrons. The van der Waals surface area contributed by atoms with E-state index in [1.54, 1.807) is 18.2 Å². The van der Waals surface area contributed by atoms with Gasteiger partial charge in [0.2, 0.25) is 0 Å². The fraction of sp³-hybridized carbons (Fsp3) is 0.0714. The Morgan fingerprint density at radius 3 is 2.75 bits per heavy atom. The van der Waals surface area contributed by atoms with Gasteiger partial charge in [0.15, 0.2) is 0 Å². The number of rotatable bonds is 3. The molecule has 0 aliphatic carbocycles. The molecule has 1 amide bonds. The lowest BCUT2D eigenvalue weighted by molar-refractivity contribution is 0.0939. The lowest BCUT2D eigenvalue weighted by Crippen LogP contribution is -2.29. The summed E-state index contributed by atoms with van der Waals surface area (Å²) in [6.45, 7) is 0. The van der Waals surface area contributed by atoms with Crippen molar-refractivity contribution in [3.05, 3.63) is 64.1 Å². The van der Waals surface area contributed by atoms with Crippen molar-refractivity contribution in [1.82, 2.24) is 10.3 Å². The van der Waals surface area contributed by atoms with Crippen molar-refractivity contribution < 1.29 is 9.18 Å². The summed E-state index contributed by atoms with van der Waals surface area (Å²) in [5.41, 5.74) is 0.263. The summed E-state index contributed by atoms with van der Waals surface area (Å²) in [7, 11) is 0. The summed E-state index contributed by atoms with van der Waals surface area (Å²) in [5, 5.41) is 11.6. The number of halogens is 2. The predicted octanol–water partition coefficient (Wildman–Crippen LogP) is 2.98. The maximum Gasteiger partial charge on any atom is 0.272 e. The van der Waals surface area contributed by atoms with Crippen molar-refractivity contribution in [1.29, 1.82) is 5.26 Å². The second-order valence-electron chi connectivity index (χ2n) is 3.89. The molecule has 1 N–H and O–H groups in total. The number of benzene rings is 1. The van der Waals surface area contributed by atoms with Gasteiger partial charge in [-0.05, 0) is 34.1 Å². The molecule has 1 aromatic heterocycles. The Morgan fingerprint density at radius 2 is 2.10 bits per heavy atom. The summed E-state index contributed by atoms with van der Waals surface area (Å²) < 4.78 is 14.1. The minimum atomic E-state index is -1.07. The average molecular weight is 334 g/mol. The van der Waals surface area contributed by atoms with Crippen molar-refractivity contribution in [3.63, 3.8) is 0 Å². The Bertz CT molecular complexity index is 684. The zero-order valence-electron chi connectivity index (χ0n) is 10.2. The molecule has 1 atom stereocenters. The fourth-order valence-electron chi connectivity index (χ4n) is 1.64. The first-order chi connectivity index (χ1) is 9.63. The van der Waals surface area contributed by atoms with Crippen molar-refractivity contribution in [2.24, 2.45) is 0 Å². The lowest BCUT2D eigenvalue weighted by Gasteiger charge is -2.12. The molecule has 0 radical (unpaired) electrons. The number of hydrogen-bond donors (Lipinski definition) is 1. The molecule has 0 unspecified atom stereocenters. The fourth-order valence-corrected chi connectivity index (χ4v) is 2.08. The van der Waals surface area contributed by atoms with Gasteiger partial charge in [-0.25, -0.2) is 9.37 Å². The summed E-state index contributed by atoms with van der Waals surface area (Å²) >= 11 is 3.20. The van der Waals surface area contributed by atoms with E-state index in [0.717, 1.165) is 0 Å². The Balaban J connectivity index is 2.24. The summed E-state index contributed by atoms with van der Waals surface area (Å²) in [6.07, 6.45) is 1.46. The van der Waals surface area contributed by atoms with Gasteiger partial charge in [-0.2, -0.15) is 5.26 Å². The van der Waals surface area contributed by atoms with Gasteiger partial charge in [0.1, 0.15) is 17.6 Å². The summed E-state index contributed by atoms with van der Waals surface area (Å²) in [4.78, 5) is 16.0. The SMILES string of the molecule is N#C[C@H](NC(=O)c1ncccc1Br)c1ccccc1F. The van der Waals surface area contributed by atoms with Crippen LogP contribution in [0.4, 0.5) is 4.39 Å². The van der Waals surface area contributed by atoms with Crippen molar-refractivity contribution >= 4 is 21.8 Å². The molecule has 1 heterocycles. The standard InChI is InChI=1S/C14H9BrFN3O/c15-10-5-3-7-18-13(10)14(20)19-12(8-17)9-4-1-2-6-11(9)16/h1-7,12H,(H,19,20)/t12-/m0/s1. The van der Waals surface area contributed by atoms with Crippen LogP contribution < -0.4 is 5.32 Å². The van der Waals surface area contributed by atoms with E-state index >= 15 is 0 Å². The van der Waals surface area contributed by atoms with Crippen LogP contribution in [0, 0.1) is 17.1 Å². The molecule has 2 aromatic rings. The second-order valence-corrected chi connectivity index (χ2v) is 4.75. The zero-order valence-corrected chi connectivity index (χ0v) is 11.8. The first kappa shape index (κ1) is 14.2. The predicted molar refractivity (Wildman–Crippen MR) is 74.2 cm³/mol. The number of amides is 1. The summed E-state index contributed by atoms with van der Waals surface area (Å²) in [5.74, 6) is -1.09. The van der Waals surface area contributed by atoms with Crippen LogP contribution in [-0.2, 0) is 0 Å². The normalized spacial score (nSPS) is 11.4. The van der Waals surface area contributed by atoms with E-state index in [0.29, 0.717) is 4.47 Å². The van der Waals surface area contributed by atoms with Gasteiger partial charge in [-0.15, -0.1) is 0 Å². The third-order valence-corrected chi connectivity index (χ3v) is 3.23. The number of hydrogen-bond acceptors (Lipinski definition) is 3. The van der Waals surface area contributed by atoms with Crippen molar-refractivity contribution in [2.45, 2.75) is 6.04 Å². The van der Waals surface area contributed by atoms with E-state index in [-0.39, 0.29) is 11.3 Å². The number of nitrogens with one attached hydrogen (secondary N) is 1. The lowest BCUT2D eigenvalue weighted by atomic mass is 10.1. The van der Waals surface area contributed by atoms with E-state index in [9.17, 15) is 9.18 Å². The van der Waals surface area contributed by atoms with Crippen LogP contribution in [0.3, 0.4) is 0 Å². The molecule has 0 saturated carbocycles. The van der Waals surface area contributed by atoms with E-state index in [2.05, 4.69) is 26.2 Å². The quantitative estimate of drug-likeness (QED) is 0.938. The van der Waals surface area contributed by atoms with Crippen LogP contribution in [0.25, 0.3) is 0 Å². The van der Waals surface area contributed by atoms with Gasteiger partial charge < -0.3 is 5.32 Å². The second kappa shape index (κ2) is 6.26. The maximum absolute atomic E-state index is 13.6. The number of pyridine rings is 1. The molecule has 0 aliphatic heterocycles. The van der Waals surface area contributed by atoms with E-state index in [1.807, 2.05) is 6.07 Å². The van der Waals surface area contributed by atoms with Crippen LogP contribution in [-0.4, -0.2) is 10.9 Å². The van der Waals surface area contributed by atoms with Crippen LogP contribution >= 0.6 is 15.9 Å². The number of carbonyl (C=O) groups excluding carboxylic acids is 1. The number of aromatic nitrogens is 1. The summed E-state index contributed by atoms with van der Waals surface area (Å²) in [6, 6.07) is 9.93. The molecule has 0 aliphatic rings. The van der Waals surface area contributed by atoms with E-state index < -0.39 is 17.8 Å². The van der Waals surface area contributed by atoms with Crippen LogP contribution in [0.2, 0.25) is 0 Å².